The average molecular weight is 391 g/mol. The van der Waals surface area contributed by atoms with E-state index in [0.29, 0.717) is 17.7 Å². The second kappa shape index (κ2) is 7.92. The lowest BCUT2D eigenvalue weighted by molar-refractivity contribution is -0.137. The lowest BCUT2D eigenvalue weighted by atomic mass is 10.1. The molecule has 0 bridgehead atoms. The van der Waals surface area contributed by atoms with E-state index in [-0.39, 0.29) is 17.6 Å². The van der Waals surface area contributed by atoms with Crippen LogP contribution in [-0.4, -0.2) is 18.0 Å². The van der Waals surface area contributed by atoms with Crippen LogP contribution in [0, 0.1) is 0 Å². The molecule has 0 radical (unpaired) electrons. The first-order valence-corrected chi connectivity index (χ1v) is 8.95. The zero-order valence-electron chi connectivity index (χ0n) is 15.2. The number of amides is 3. The molecule has 148 valence electrons. The normalized spacial score (nSPS) is 13.7. The molecule has 28 heavy (non-hydrogen) atoms. The lowest BCUT2D eigenvalue weighted by Crippen LogP contribution is -2.26. The molecule has 0 aliphatic heterocycles. The molecular formula is C20H20F3N3O2. The van der Waals surface area contributed by atoms with Gasteiger partial charge in [-0.15, -0.1) is 0 Å². The van der Waals surface area contributed by atoms with Crippen molar-refractivity contribution in [3.8, 4) is 0 Å². The Balaban J connectivity index is 1.73. The van der Waals surface area contributed by atoms with Crippen molar-refractivity contribution < 1.29 is 22.8 Å². The minimum Gasteiger partial charge on any atom is -0.349 e. The van der Waals surface area contributed by atoms with E-state index in [1.165, 1.54) is 12.1 Å². The fourth-order valence-corrected chi connectivity index (χ4v) is 2.70. The molecule has 2 aromatic rings. The van der Waals surface area contributed by atoms with Crippen LogP contribution >= 0.6 is 0 Å². The number of halogens is 3. The van der Waals surface area contributed by atoms with E-state index in [1.54, 1.807) is 18.2 Å². The van der Waals surface area contributed by atoms with Crippen LogP contribution < -0.4 is 16.0 Å². The van der Waals surface area contributed by atoms with E-state index in [1.807, 2.05) is 6.92 Å². The summed E-state index contributed by atoms with van der Waals surface area (Å²) in [6.07, 6.45) is -1.96. The Morgan fingerprint density at radius 3 is 2.46 bits per heavy atom. The maximum absolute atomic E-state index is 12.8. The maximum atomic E-state index is 12.8. The smallest absolute Gasteiger partial charge is 0.349 e. The first kappa shape index (κ1) is 19.7. The van der Waals surface area contributed by atoms with Gasteiger partial charge in [0.2, 0.25) is 0 Å². The number of nitrogens with one attached hydrogen (secondary N) is 3. The molecule has 1 aliphatic carbocycles. The van der Waals surface area contributed by atoms with Gasteiger partial charge in [-0.2, -0.15) is 13.2 Å². The third kappa shape index (κ3) is 5.03. The Hall–Kier alpha value is -3.03. The number of hydrogen-bond donors (Lipinski definition) is 3. The molecule has 0 spiro atoms. The fraction of sp³-hybridized carbons (Fsp3) is 0.300. The first-order chi connectivity index (χ1) is 13.3. The van der Waals surface area contributed by atoms with Crippen LogP contribution in [0.4, 0.5) is 29.3 Å². The van der Waals surface area contributed by atoms with Crippen molar-refractivity contribution in [2.24, 2.45) is 0 Å². The summed E-state index contributed by atoms with van der Waals surface area (Å²) in [6, 6.07) is 8.91. The summed E-state index contributed by atoms with van der Waals surface area (Å²) in [4.78, 5) is 24.5. The summed E-state index contributed by atoms with van der Waals surface area (Å²) >= 11 is 0. The van der Waals surface area contributed by atoms with Crippen LogP contribution in [0.15, 0.2) is 42.5 Å². The van der Waals surface area contributed by atoms with Crippen molar-refractivity contribution >= 4 is 23.3 Å². The van der Waals surface area contributed by atoms with Crippen molar-refractivity contribution in [1.29, 1.82) is 0 Å². The minimum absolute atomic E-state index is 0.0213. The number of aryl methyl sites for hydroxylation is 1. The molecule has 3 N–H and O–H groups in total. The van der Waals surface area contributed by atoms with Crippen LogP contribution in [0.5, 0.6) is 0 Å². The number of alkyl halides is 3. The van der Waals surface area contributed by atoms with Crippen LogP contribution in [0.25, 0.3) is 0 Å². The van der Waals surface area contributed by atoms with E-state index in [0.717, 1.165) is 30.5 Å². The van der Waals surface area contributed by atoms with Gasteiger partial charge in [-0.1, -0.05) is 19.1 Å². The van der Waals surface area contributed by atoms with Crippen LogP contribution in [-0.2, 0) is 12.6 Å². The number of urea groups is 1. The van der Waals surface area contributed by atoms with Gasteiger partial charge in [0.1, 0.15) is 0 Å². The molecule has 1 saturated carbocycles. The maximum Gasteiger partial charge on any atom is 0.416 e. The number of hydrogen-bond acceptors (Lipinski definition) is 2. The Morgan fingerprint density at radius 1 is 1.07 bits per heavy atom. The van der Waals surface area contributed by atoms with Gasteiger partial charge in [-0.05, 0) is 55.2 Å². The molecule has 0 aromatic heterocycles. The van der Waals surface area contributed by atoms with Crippen molar-refractivity contribution in [1.82, 2.24) is 5.32 Å². The summed E-state index contributed by atoms with van der Waals surface area (Å²) in [6.45, 7) is 1.90. The van der Waals surface area contributed by atoms with Crippen LogP contribution in [0.3, 0.4) is 0 Å². The van der Waals surface area contributed by atoms with Gasteiger partial charge in [0.05, 0.1) is 5.56 Å². The Morgan fingerprint density at radius 2 is 1.82 bits per heavy atom. The summed E-state index contributed by atoms with van der Waals surface area (Å²) in [5.41, 5.74) is 0.836. The highest BCUT2D eigenvalue weighted by atomic mass is 19.4. The molecule has 0 atom stereocenters. The van der Waals surface area contributed by atoms with Gasteiger partial charge in [-0.25, -0.2) is 4.79 Å². The van der Waals surface area contributed by atoms with Gasteiger partial charge in [0.25, 0.3) is 5.91 Å². The van der Waals surface area contributed by atoms with E-state index >= 15 is 0 Å². The third-order valence-electron chi connectivity index (χ3n) is 4.36. The van der Waals surface area contributed by atoms with E-state index in [4.69, 9.17) is 0 Å². The highest BCUT2D eigenvalue weighted by molar-refractivity contribution is 6.02. The topological polar surface area (TPSA) is 70.2 Å². The fourth-order valence-electron chi connectivity index (χ4n) is 2.70. The standard InChI is InChI=1S/C20H20F3N3O2/c1-2-12-6-7-13(18(27)24-15-8-9-15)10-17(12)26-19(28)25-16-5-3-4-14(11-16)20(21,22)23/h3-7,10-11,15H,2,8-9H2,1H3,(H,24,27)(H2,25,26,28). The Bertz CT molecular complexity index is 893. The quantitative estimate of drug-likeness (QED) is 0.685. The highest BCUT2D eigenvalue weighted by Crippen LogP contribution is 2.30. The summed E-state index contributed by atoms with van der Waals surface area (Å²) in [5.74, 6) is -0.216. The first-order valence-electron chi connectivity index (χ1n) is 8.95. The van der Waals surface area contributed by atoms with E-state index in [2.05, 4.69) is 16.0 Å². The monoisotopic (exact) mass is 391 g/mol. The molecule has 3 amide bonds. The number of benzene rings is 2. The van der Waals surface area contributed by atoms with Crippen molar-refractivity contribution in [2.75, 3.05) is 10.6 Å². The summed E-state index contributed by atoms with van der Waals surface area (Å²) in [7, 11) is 0. The lowest BCUT2D eigenvalue weighted by Gasteiger charge is -2.14. The number of anilines is 2. The molecule has 3 rings (SSSR count). The third-order valence-corrected chi connectivity index (χ3v) is 4.36. The SMILES string of the molecule is CCc1ccc(C(=O)NC2CC2)cc1NC(=O)Nc1cccc(C(F)(F)F)c1. The second-order valence-corrected chi connectivity index (χ2v) is 6.63. The average Bonchev–Trinajstić information content (AvgIpc) is 3.45. The van der Waals surface area contributed by atoms with Gasteiger partial charge in [-0.3, -0.25) is 4.79 Å². The van der Waals surface area contributed by atoms with Crippen molar-refractivity contribution in [2.45, 2.75) is 38.4 Å². The molecule has 1 fully saturated rings. The molecular weight excluding hydrogens is 371 g/mol. The number of rotatable bonds is 5. The molecule has 0 unspecified atom stereocenters. The number of carbonyl (C=O) groups excluding carboxylic acids is 2. The van der Waals surface area contributed by atoms with Gasteiger partial charge in [0.15, 0.2) is 0 Å². The zero-order chi connectivity index (χ0) is 20.3. The van der Waals surface area contributed by atoms with Gasteiger partial charge in [0, 0.05) is 23.0 Å². The Labute approximate surface area is 160 Å². The second-order valence-electron chi connectivity index (χ2n) is 6.63. The molecule has 2 aromatic carbocycles. The highest BCUT2D eigenvalue weighted by Gasteiger charge is 2.30. The Kier molecular flexibility index (Phi) is 5.58. The minimum atomic E-state index is -4.49. The number of carbonyl (C=O) groups is 2. The molecule has 1 aliphatic rings. The van der Waals surface area contributed by atoms with Crippen molar-refractivity contribution in [3.05, 3.63) is 59.2 Å². The van der Waals surface area contributed by atoms with Crippen LogP contribution in [0.1, 0.15) is 41.3 Å². The molecule has 0 saturated heterocycles. The molecule has 5 nitrogen and oxygen atoms in total. The summed E-state index contributed by atoms with van der Waals surface area (Å²) in [5, 5.41) is 7.89. The predicted molar refractivity (Wildman–Crippen MR) is 100 cm³/mol. The predicted octanol–water partition coefficient (Wildman–Crippen LogP) is 4.80. The van der Waals surface area contributed by atoms with Crippen LogP contribution in [0.2, 0.25) is 0 Å². The zero-order valence-corrected chi connectivity index (χ0v) is 15.2. The molecule has 0 heterocycles. The summed E-state index contributed by atoms with van der Waals surface area (Å²) < 4.78 is 38.4. The van der Waals surface area contributed by atoms with Gasteiger partial charge < -0.3 is 16.0 Å². The van der Waals surface area contributed by atoms with E-state index in [9.17, 15) is 22.8 Å². The molecule has 8 heteroatoms. The van der Waals surface area contributed by atoms with Crippen molar-refractivity contribution in [3.63, 3.8) is 0 Å². The van der Waals surface area contributed by atoms with Gasteiger partial charge >= 0.3 is 12.2 Å². The largest absolute Gasteiger partial charge is 0.416 e. The van der Waals surface area contributed by atoms with E-state index < -0.39 is 17.8 Å².